The summed E-state index contributed by atoms with van der Waals surface area (Å²) in [5.41, 5.74) is 0. The minimum absolute atomic E-state index is 0.123. The molecule has 0 spiro atoms. The van der Waals surface area contributed by atoms with Crippen LogP contribution in [0.4, 0.5) is 0 Å². The maximum atomic E-state index is 8.38. The fourth-order valence-corrected chi connectivity index (χ4v) is 0.214. The van der Waals surface area contributed by atoms with E-state index in [-0.39, 0.29) is 5.76 Å². The molecule has 0 saturated heterocycles. The molecule has 40 valence electrons. The highest BCUT2D eigenvalue weighted by molar-refractivity contribution is 5.05. The minimum atomic E-state index is -0.123. The fraction of sp³-hybridized carbons (Fsp3) is 0.200. The summed E-state index contributed by atoms with van der Waals surface area (Å²) >= 11 is 0. The number of allylic oxidation sites excluding steroid dienone is 2. The van der Waals surface area contributed by atoms with Crippen LogP contribution in [0.5, 0.6) is 0 Å². The van der Waals surface area contributed by atoms with Crippen molar-refractivity contribution < 1.29 is 10.2 Å². The molecular formula is C5H8O2. The molecule has 2 heteroatoms. The van der Waals surface area contributed by atoms with Gasteiger partial charge in [0.2, 0.25) is 0 Å². The Balaban J connectivity index is 3.58. The molecule has 0 aromatic heterocycles. The van der Waals surface area contributed by atoms with Crippen molar-refractivity contribution in [2.45, 2.75) is 6.92 Å². The first kappa shape index (κ1) is 6.08. The average Bonchev–Trinajstić information content (AvgIpc) is 1.68. The van der Waals surface area contributed by atoms with E-state index in [1.54, 1.807) is 13.0 Å². The monoisotopic (exact) mass is 100 g/mol. The highest BCUT2D eigenvalue weighted by Crippen LogP contribution is 1.85. The van der Waals surface area contributed by atoms with Crippen molar-refractivity contribution >= 4 is 0 Å². The molecule has 0 radical (unpaired) electrons. The molecule has 0 heterocycles. The number of aliphatic hydroxyl groups excluding tert-OH is 2. The van der Waals surface area contributed by atoms with E-state index in [9.17, 15) is 0 Å². The molecule has 0 aliphatic rings. The first-order chi connectivity index (χ1) is 3.31. The van der Waals surface area contributed by atoms with Crippen molar-refractivity contribution in [3.05, 3.63) is 24.2 Å². The second kappa shape index (κ2) is 3.28. The van der Waals surface area contributed by atoms with Crippen molar-refractivity contribution in [3.8, 4) is 0 Å². The van der Waals surface area contributed by atoms with E-state index in [2.05, 4.69) is 0 Å². The van der Waals surface area contributed by atoms with Crippen LogP contribution in [-0.4, -0.2) is 10.2 Å². The summed E-state index contributed by atoms with van der Waals surface area (Å²) in [6.45, 7) is 1.75. The van der Waals surface area contributed by atoms with Gasteiger partial charge in [0, 0.05) is 0 Å². The molecule has 2 nitrogen and oxygen atoms in total. The van der Waals surface area contributed by atoms with Gasteiger partial charge in [0.15, 0.2) is 0 Å². The molecule has 0 aromatic rings. The second-order valence-corrected chi connectivity index (χ2v) is 1.05. The van der Waals surface area contributed by atoms with Crippen molar-refractivity contribution in [2.75, 3.05) is 0 Å². The van der Waals surface area contributed by atoms with Gasteiger partial charge >= 0.3 is 0 Å². The third-order valence-corrected chi connectivity index (χ3v) is 0.470. The quantitative estimate of drug-likeness (QED) is 0.387. The molecule has 0 unspecified atom stereocenters. The molecule has 0 aromatic carbocycles. The Hall–Kier alpha value is -0.920. The summed E-state index contributed by atoms with van der Waals surface area (Å²) in [6, 6.07) is 0. The van der Waals surface area contributed by atoms with Crippen LogP contribution in [0.15, 0.2) is 24.2 Å². The lowest BCUT2D eigenvalue weighted by atomic mass is 10.5. The van der Waals surface area contributed by atoms with Crippen LogP contribution in [0.2, 0.25) is 0 Å². The molecule has 0 fully saturated rings. The Bertz CT molecular complexity index is 92.3. The Kier molecular flexibility index (Phi) is 2.85. The third kappa shape index (κ3) is 2.89. The predicted molar refractivity (Wildman–Crippen MR) is 28.2 cm³/mol. The van der Waals surface area contributed by atoms with E-state index in [1.807, 2.05) is 0 Å². The van der Waals surface area contributed by atoms with Crippen molar-refractivity contribution in [1.82, 2.24) is 0 Å². The fourth-order valence-electron chi connectivity index (χ4n) is 0.214. The summed E-state index contributed by atoms with van der Waals surface area (Å²) < 4.78 is 0. The zero-order valence-electron chi connectivity index (χ0n) is 4.13. The molecule has 0 rings (SSSR count). The predicted octanol–water partition coefficient (Wildman–Crippen LogP) is 1.52. The van der Waals surface area contributed by atoms with E-state index < -0.39 is 0 Å². The molecular weight excluding hydrogens is 92.1 g/mol. The second-order valence-electron chi connectivity index (χ2n) is 1.05. The number of aliphatic hydroxyl groups is 2. The summed E-state index contributed by atoms with van der Waals surface area (Å²) in [4.78, 5) is 0. The standard InChI is InChI=1S/C5H8O2/c1-2-3-5(7)4-6/h2-4,6-7H,1H3/b3-2?,5-4-. The van der Waals surface area contributed by atoms with Gasteiger partial charge in [-0.25, -0.2) is 0 Å². The van der Waals surface area contributed by atoms with E-state index >= 15 is 0 Å². The van der Waals surface area contributed by atoms with Crippen molar-refractivity contribution in [1.29, 1.82) is 0 Å². The summed E-state index contributed by atoms with van der Waals surface area (Å²) in [7, 11) is 0. The first-order valence-corrected chi connectivity index (χ1v) is 1.97. The summed E-state index contributed by atoms with van der Waals surface area (Å²) in [6.07, 6.45) is 3.65. The number of rotatable bonds is 1. The van der Waals surface area contributed by atoms with Gasteiger partial charge in [0.05, 0.1) is 0 Å². The Morgan fingerprint density at radius 2 is 2.14 bits per heavy atom. The maximum Gasteiger partial charge on any atom is 0.149 e. The molecule has 0 bridgehead atoms. The molecule has 7 heavy (non-hydrogen) atoms. The van der Waals surface area contributed by atoms with Crippen LogP contribution < -0.4 is 0 Å². The van der Waals surface area contributed by atoms with Crippen molar-refractivity contribution in [3.63, 3.8) is 0 Å². The lowest BCUT2D eigenvalue weighted by Crippen LogP contribution is -1.69. The molecule has 0 aliphatic carbocycles. The van der Waals surface area contributed by atoms with Crippen LogP contribution in [0.25, 0.3) is 0 Å². The normalized spacial score (nSPS) is 13.0. The lowest BCUT2D eigenvalue weighted by Gasteiger charge is -1.80. The minimum Gasteiger partial charge on any atom is -0.512 e. The molecule has 0 saturated carbocycles. The lowest BCUT2D eigenvalue weighted by molar-refractivity contribution is 0.377. The van der Waals surface area contributed by atoms with Gasteiger partial charge in [-0.15, -0.1) is 0 Å². The Morgan fingerprint density at radius 3 is 2.29 bits per heavy atom. The van der Waals surface area contributed by atoms with E-state index in [4.69, 9.17) is 10.2 Å². The van der Waals surface area contributed by atoms with Crippen molar-refractivity contribution in [2.24, 2.45) is 0 Å². The summed E-state index contributed by atoms with van der Waals surface area (Å²) in [5, 5.41) is 16.4. The number of hydrogen-bond acceptors (Lipinski definition) is 2. The first-order valence-electron chi connectivity index (χ1n) is 1.97. The van der Waals surface area contributed by atoms with Gasteiger partial charge in [-0.05, 0) is 13.0 Å². The van der Waals surface area contributed by atoms with Gasteiger partial charge in [-0.3, -0.25) is 0 Å². The van der Waals surface area contributed by atoms with Crippen LogP contribution >= 0.6 is 0 Å². The van der Waals surface area contributed by atoms with Gasteiger partial charge in [-0.1, -0.05) is 6.08 Å². The Morgan fingerprint density at radius 1 is 1.57 bits per heavy atom. The SMILES string of the molecule is CC=C/C(O)=C/O. The van der Waals surface area contributed by atoms with Crippen LogP contribution in [-0.2, 0) is 0 Å². The van der Waals surface area contributed by atoms with Crippen LogP contribution in [0.1, 0.15) is 6.92 Å². The highest BCUT2D eigenvalue weighted by Gasteiger charge is 1.75. The maximum absolute atomic E-state index is 8.38. The highest BCUT2D eigenvalue weighted by atomic mass is 16.3. The largest absolute Gasteiger partial charge is 0.512 e. The Labute approximate surface area is 42.4 Å². The molecule has 2 N–H and O–H groups in total. The van der Waals surface area contributed by atoms with E-state index in [0.29, 0.717) is 6.26 Å². The topological polar surface area (TPSA) is 40.5 Å². The smallest absolute Gasteiger partial charge is 0.149 e. The van der Waals surface area contributed by atoms with Crippen LogP contribution in [0.3, 0.4) is 0 Å². The van der Waals surface area contributed by atoms with E-state index in [1.165, 1.54) is 6.08 Å². The van der Waals surface area contributed by atoms with Gasteiger partial charge in [-0.2, -0.15) is 0 Å². The van der Waals surface area contributed by atoms with Gasteiger partial charge < -0.3 is 10.2 Å². The average molecular weight is 100 g/mol. The van der Waals surface area contributed by atoms with Crippen LogP contribution in [0, 0.1) is 0 Å². The third-order valence-electron chi connectivity index (χ3n) is 0.470. The summed E-state index contributed by atoms with van der Waals surface area (Å²) in [5.74, 6) is -0.123. The zero-order valence-corrected chi connectivity index (χ0v) is 4.13. The molecule has 0 amide bonds. The van der Waals surface area contributed by atoms with Gasteiger partial charge in [0.25, 0.3) is 0 Å². The molecule has 0 atom stereocenters. The van der Waals surface area contributed by atoms with Gasteiger partial charge in [0.1, 0.15) is 12.0 Å². The molecule has 0 aliphatic heterocycles. The van der Waals surface area contributed by atoms with E-state index in [0.717, 1.165) is 0 Å². The number of hydrogen-bond donors (Lipinski definition) is 2. The zero-order chi connectivity index (χ0) is 5.70.